The van der Waals surface area contributed by atoms with Gasteiger partial charge in [-0.15, -0.1) is 0 Å². The molecule has 0 radical (unpaired) electrons. The smallest absolute Gasteiger partial charge is 0.0472 e. The van der Waals surface area contributed by atoms with Crippen molar-refractivity contribution in [3.8, 4) is 0 Å². The normalized spacial score (nSPS) is 26.2. The Morgan fingerprint density at radius 3 is 2.28 bits per heavy atom. The highest BCUT2D eigenvalue weighted by molar-refractivity contribution is 9.09. The maximum absolute atomic E-state index is 5.53. The largest absolute Gasteiger partial charge is 0.381 e. The molecule has 0 aromatic heterocycles. The summed E-state index contributed by atoms with van der Waals surface area (Å²) in [5, 5.41) is 1.13. The van der Waals surface area contributed by atoms with Crippen LogP contribution in [0.15, 0.2) is 0 Å². The van der Waals surface area contributed by atoms with Crippen LogP contribution in [-0.4, -0.2) is 43.1 Å². The van der Waals surface area contributed by atoms with E-state index in [0.717, 1.165) is 24.6 Å². The Labute approximate surface area is 121 Å². The van der Waals surface area contributed by atoms with E-state index in [-0.39, 0.29) is 0 Å². The molecule has 0 bridgehead atoms. The minimum Gasteiger partial charge on any atom is -0.381 e. The van der Waals surface area contributed by atoms with Crippen LogP contribution in [0.3, 0.4) is 0 Å². The summed E-state index contributed by atoms with van der Waals surface area (Å²) in [6, 6.07) is 0.825. The van der Waals surface area contributed by atoms with Crippen LogP contribution in [0.25, 0.3) is 0 Å². The van der Waals surface area contributed by atoms with Gasteiger partial charge in [-0.05, 0) is 38.1 Å². The van der Waals surface area contributed by atoms with Gasteiger partial charge in [0.25, 0.3) is 0 Å². The lowest BCUT2D eigenvalue weighted by atomic mass is 9.81. The third kappa shape index (κ3) is 3.94. The summed E-state index contributed by atoms with van der Waals surface area (Å²) in [4.78, 5) is 2.65. The van der Waals surface area contributed by atoms with Crippen LogP contribution in [0.4, 0.5) is 0 Å². The summed E-state index contributed by atoms with van der Waals surface area (Å²) in [7, 11) is 2.34. The van der Waals surface area contributed by atoms with Crippen molar-refractivity contribution in [1.29, 1.82) is 0 Å². The average molecular weight is 318 g/mol. The molecule has 0 atom stereocenters. The van der Waals surface area contributed by atoms with E-state index in [1.54, 1.807) is 0 Å². The number of alkyl halides is 1. The first-order valence-corrected chi connectivity index (χ1v) is 8.72. The fourth-order valence-corrected chi connectivity index (χ4v) is 4.23. The third-order valence-corrected chi connectivity index (χ3v) is 6.06. The standard InChI is InChI=1S/C15H28BrNO/c1-17(14-6-4-2-3-5-7-14)13-15(12-16)8-10-18-11-9-15/h14H,2-13H2,1H3. The van der Waals surface area contributed by atoms with Gasteiger partial charge in [0.1, 0.15) is 0 Å². The summed E-state index contributed by atoms with van der Waals surface area (Å²) in [5.41, 5.74) is 0.458. The van der Waals surface area contributed by atoms with Crippen molar-refractivity contribution in [1.82, 2.24) is 4.90 Å². The molecule has 1 saturated heterocycles. The Morgan fingerprint density at radius 1 is 1.11 bits per heavy atom. The van der Waals surface area contributed by atoms with Gasteiger partial charge in [0.15, 0.2) is 0 Å². The molecule has 2 nitrogen and oxygen atoms in total. The van der Waals surface area contributed by atoms with Gasteiger partial charge in [0, 0.05) is 31.1 Å². The van der Waals surface area contributed by atoms with Crippen LogP contribution < -0.4 is 0 Å². The number of hydrogen-bond donors (Lipinski definition) is 0. The van der Waals surface area contributed by atoms with Gasteiger partial charge >= 0.3 is 0 Å². The van der Waals surface area contributed by atoms with Gasteiger partial charge in [-0.3, -0.25) is 0 Å². The fourth-order valence-electron chi connectivity index (χ4n) is 3.50. The molecule has 0 N–H and O–H groups in total. The molecule has 1 aliphatic heterocycles. The summed E-state index contributed by atoms with van der Waals surface area (Å²) < 4.78 is 5.53. The van der Waals surface area contributed by atoms with Gasteiger partial charge in [-0.1, -0.05) is 41.6 Å². The predicted octanol–water partition coefficient (Wildman–Crippen LogP) is 3.83. The Balaban J connectivity index is 1.89. The van der Waals surface area contributed by atoms with Crippen molar-refractivity contribution in [2.45, 2.75) is 57.4 Å². The topological polar surface area (TPSA) is 12.5 Å². The van der Waals surface area contributed by atoms with Crippen molar-refractivity contribution >= 4 is 15.9 Å². The van der Waals surface area contributed by atoms with Gasteiger partial charge < -0.3 is 9.64 Å². The summed E-state index contributed by atoms with van der Waals surface area (Å²) >= 11 is 3.75. The van der Waals surface area contributed by atoms with Crippen LogP contribution in [0.1, 0.15) is 51.4 Å². The molecular formula is C15H28BrNO. The molecule has 1 saturated carbocycles. The average Bonchev–Trinajstić information content (AvgIpc) is 2.68. The lowest BCUT2D eigenvalue weighted by Crippen LogP contribution is -2.44. The maximum atomic E-state index is 5.53. The summed E-state index contributed by atoms with van der Waals surface area (Å²) in [6.45, 7) is 3.14. The molecule has 2 rings (SSSR count). The lowest BCUT2D eigenvalue weighted by molar-refractivity contribution is 0.00470. The molecule has 2 aliphatic rings. The Bertz CT molecular complexity index is 233. The summed E-state index contributed by atoms with van der Waals surface area (Å²) in [5.74, 6) is 0. The number of nitrogens with zero attached hydrogens (tertiary/aromatic N) is 1. The molecule has 1 aliphatic carbocycles. The molecule has 18 heavy (non-hydrogen) atoms. The van der Waals surface area contributed by atoms with E-state index in [9.17, 15) is 0 Å². The van der Waals surface area contributed by atoms with Gasteiger partial charge in [-0.25, -0.2) is 0 Å². The van der Waals surface area contributed by atoms with E-state index in [1.807, 2.05) is 0 Å². The number of rotatable bonds is 4. The first kappa shape index (κ1) is 14.8. The lowest BCUT2D eigenvalue weighted by Gasteiger charge is -2.41. The monoisotopic (exact) mass is 317 g/mol. The summed E-state index contributed by atoms with van der Waals surface area (Å²) in [6.07, 6.45) is 11.0. The molecule has 0 aromatic carbocycles. The zero-order valence-electron chi connectivity index (χ0n) is 11.8. The highest BCUT2D eigenvalue weighted by Gasteiger charge is 2.34. The zero-order valence-corrected chi connectivity index (χ0v) is 13.4. The van der Waals surface area contributed by atoms with Crippen molar-refractivity contribution in [2.24, 2.45) is 5.41 Å². The van der Waals surface area contributed by atoms with E-state index in [4.69, 9.17) is 4.74 Å². The van der Waals surface area contributed by atoms with E-state index < -0.39 is 0 Å². The van der Waals surface area contributed by atoms with Crippen LogP contribution in [-0.2, 0) is 4.74 Å². The molecule has 1 heterocycles. The van der Waals surface area contributed by atoms with Gasteiger partial charge in [0.2, 0.25) is 0 Å². The minimum atomic E-state index is 0.458. The Hall–Kier alpha value is 0.400. The highest BCUT2D eigenvalue weighted by Crippen LogP contribution is 2.34. The minimum absolute atomic E-state index is 0.458. The molecule has 0 amide bonds. The van der Waals surface area contributed by atoms with Crippen molar-refractivity contribution in [3.63, 3.8) is 0 Å². The second-order valence-electron chi connectivity index (χ2n) is 6.31. The van der Waals surface area contributed by atoms with Gasteiger partial charge in [0.05, 0.1) is 0 Å². The van der Waals surface area contributed by atoms with Crippen molar-refractivity contribution in [3.05, 3.63) is 0 Å². The number of halogens is 1. The molecule has 0 spiro atoms. The van der Waals surface area contributed by atoms with Crippen LogP contribution in [0, 0.1) is 5.41 Å². The SMILES string of the molecule is CN(CC1(CBr)CCOCC1)C1CCCCCC1. The van der Waals surface area contributed by atoms with Crippen LogP contribution in [0.2, 0.25) is 0 Å². The third-order valence-electron chi connectivity index (χ3n) is 4.87. The molecular weight excluding hydrogens is 290 g/mol. The van der Waals surface area contributed by atoms with Crippen molar-refractivity contribution in [2.75, 3.05) is 32.1 Å². The van der Waals surface area contributed by atoms with Crippen molar-refractivity contribution < 1.29 is 4.74 Å². The molecule has 2 fully saturated rings. The first-order valence-electron chi connectivity index (χ1n) is 7.60. The quantitative estimate of drug-likeness (QED) is 0.577. The first-order chi connectivity index (χ1) is 8.76. The van der Waals surface area contributed by atoms with Gasteiger partial charge in [-0.2, -0.15) is 0 Å². The van der Waals surface area contributed by atoms with E-state index >= 15 is 0 Å². The van der Waals surface area contributed by atoms with Crippen LogP contribution >= 0.6 is 15.9 Å². The van der Waals surface area contributed by atoms with E-state index in [0.29, 0.717) is 5.41 Å². The molecule has 106 valence electrons. The van der Waals surface area contributed by atoms with Crippen LogP contribution in [0.5, 0.6) is 0 Å². The fraction of sp³-hybridized carbons (Fsp3) is 1.00. The number of hydrogen-bond acceptors (Lipinski definition) is 2. The Kier molecular flexibility index (Phi) is 5.96. The molecule has 0 unspecified atom stereocenters. The second-order valence-corrected chi connectivity index (χ2v) is 6.87. The zero-order chi connectivity index (χ0) is 12.8. The van der Waals surface area contributed by atoms with E-state index in [2.05, 4.69) is 27.9 Å². The maximum Gasteiger partial charge on any atom is 0.0472 e. The second kappa shape index (κ2) is 7.25. The number of ether oxygens (including phenoxy) is 1. The highest BCUT2D eigenvalue weighted by atomic mass is 79.9. The Morgan fingerprint density at radius 2 is 1.72 bits per heavy atom. The van der Waals surface area contributed by atoms with E-state index in [1.165, 1.54) is 57.9 Å². The molecule has 3 heteroatoms. The predicted molar refractivity (Wildman–Crippen MR) is 80.4 cm³/mol. The molecule has 0 aromatic rings.